The van der Waals surface area contributed by atoms with Crippen LogP contribution in [0.2, 0.25) is 0 Å². The van der Waals surface area contributed by atoms with Crippen molar-refractivity contribution in [1.82, 2.24) is 0 Å². The van der Waals surface area contributed by atoms with Gasteiger partial charge in [-0.25, -0.2) is 0 Å². The van der Waals surface area contributed by atoms with Crippen molar-refractivity contribution < 1.29 is 14.7 Å². The summed E-state index contributed by atoms with van der Waals surface area (Å²) in [4.78, 5) is 19.8. The highest BCUT2D eigenvalue weighted by Crippen LogP contribution is 1.98. The van der Waals surface area contributed by atoms with Gasteiger partial charge in [0.05, 0.1) is 0 Å². The molecule has 0 aromatic rings. The second kappa shape index (κ2) is 2.67. The topological polar surface area (TPSA) is 54.4 Å². The molecule has 0 aliphatic heterocycles. The molecule has 0 spiro atoms. The molecule has 0 radical (unpaired) electrons. The van der Waals surface area contributed by atoms with Crippen molar-refractivity contribution in [3.8, 4) is 0 Å². The Morgan fingerprint density at radius 3 is 2.00 bits per heavy atom. The molecule has 1 unspecified atom stereocenters. The monoisotopic (exact) mass is 136 g/mol. The van der Waals surface area contributed by atoms with Gasteiger partial charge in [-0.15, -0.1) is 0 Å². The molecule has 0 rings (SSSR count). The third-order valence-electron chi connectivity index (χ3n) is 0.711. The number of halogens is 1. The molecule has 8 heavy (non-hydrogen) atoms. The second-order valence-corrected chi connectivity index (χ2v) is 1.74. The maximum Gasteiger partial charge on any atom is 0.315 e. The summed E-state index contributed by atoms with van der Waals surface area (Å²) in [5, 5.41) is 7.21. The van der Waals surface area contributed by atoms with Crippen LogP contribution in [0.15, 0.2) is 0 Å². The highest BCUT2D eigenvalue weighted by atomic mass is 35.5. The number of carbonyl (C=O) groups is 2. The summed E-state index contributed by atoms with van der Waals surface area (Å²) in [5.41, 5.74) is 0. The van der Waals surface area contributed by atoms with Gasteiger partial charge in [0, 0.05) is 0 Å². The van der Waals surface area contributed by atoms with Gasteiger partial charge >= 0.3 is 5.97 Å². The van der Waals surface area contributed by atoms with Gasteiger partial charge in [-0.1, -0.05) is 0 Å². The highest BCUT2D eigenvalue weighted by Gasteiger charge is 2.17. The van der Waals surface area contributed by atoms with E-state index in [2.05, 4.69) is 0 Å². The number of hydrogen-bond acceptors (Lipinski definition) is 2. The molecule has 0 saturated heterocycles. The van der Waals surface area contributed by atoms with E-state index in [1.807, 2.05) is 0 Å². The summed E-state index contributed by atoms with van der Waals surface area (Å²) in [6, 6.07) is 0. The third-order valence-corrected chi connectivity index (χ3v) is 1.04. The van der Waals surface area contributed by atoms with Crippen LogP contribution < -0.4 is 0 Å². The Labute approximate surface area is 51.3 Å². The maximum absolute atomic E-state index is 9.97. The molecular formula is C4H5ClO3. The van der Waals surface area contributed by atoms with E-state index in [-0.39, 0.29) is 0 Å². The highest BCUT2D eigenvalue weighted by molar-refractivity contribution is 6.65. The quantitative estimate of drug-likeness (QED) is 0.444. The zero-order chi connectivity index (χ0) is 6.73. The number of carboxylic acids is 1. The van der Waals surface area contributed by atoms with E-state index in [1.165, 1.54) is 6.92 Å². The summed E-state index contributed by atoms with van der Waals surface area (Å²) in [5.74, 6) is -2.28. The summed E-state index contributed by atoms with van der Waals surface area (Å²) in [6.07, 6.45) is 0. The molecule has 46 valence electrons. The third kappa shape index (κ3) is 1.93. The van der Waals surface area contributed by atoms with Crippen LogP contribution in [-0.4, -0.2) is 16.3 Å². The van der Waals surface area contributed by atoms with E-state index in [0.717, 1.165) is 0 Å². The molecule has 1 N–H and O–H groups in total. The predicted molar refractivity (Wildman–Crippen MR) is 27.7 cm³/mol. The zero-order valence-corrected chi connectivity index (χ0v) is 4.97. The Balaban J connectivity index is 3.83. The largest absolute Gasteiger partial charge is 0.481 e. The summed E-state index contributed by atoms with van der Waals surface area (Å²) >= 11 is 4.80. The lowest BCUT2D eigenvalue weighted by Gasteiger charge is -1.93. The van der Waals surface area contributed by atoms with Crippen LogP contribution in [0.5, 0.6) is 0 Å². The minimum absolute atomic E-state index is 0.836. The van der Waals surface area contributed by atoms with Crippen molar-refractivity contribution >= 4 is 22.8 Å². The van der Waals surface area contributed by atoms with Gasteiger partial charge in [-0.2, -0.15) is 0 Å². The molecule has 0 aromatic heterocycles. The second-order valence-electron chi connectivity index (χ2n) is 1.36. The first-order valence-corrected chi connectivity index (χ1v) is 2.35. The number of carbonyl (C=O) groups excluding carboxylic acids is 1. The fourth-order valence-electron chi connectivity index (χ4n) is 0.0971. The first kappa shape index (κ1) is 7.43. The normalized spacial score (nSPS) is 12.8. The number of carboxylic acid groups (broad SMARTS) is 1. The molecule has 1 atom stereocenters. The van der Waals surface area contributed by atoms with Crippen molar-refractivity contribution in [2.24, 2.45) is 5.92 Å². The molecule has 0 fully saturated rings. The van der Waals surface area contributed by atoms with E-state index >= 15 is 0 Å². The Morgan fingerprint density at radius 2 is 2.00 bits per heavy atom. The van der Waals surface area contributed by atoms with E-state index in [9.17, 15) is 9.59 Å². The predicted octanol–water partition coefficient (Wildman–Crippen LogP) is 0.472. The molecule has 0 heterocycles. The van der Waals surface area contributed by atoms with Crippen LogP contribution in [0.3, 0.4) is 0 Å². The Hall–Kier alpha value is -0.570. The smallest absolute Gasteiger partial charge is 0.315 e. The molecule has 0 bridgehead atoms. The van der Waals surface area contributed by atoms with Crippen LogP contribution in [0.4, 0.5) is 0 Å². The lowest BCUT2D eigenvalue weighted by molar-refractivity contribution is -0.143. The lowest BCUT2D eigenvalue weighted by Crippen LogP contribution is -2.15. The van der Waals surface area contributed by atoms with E-state index < -0.39 is 17.1 Å². The van der Waals surface area contributed by atoms with Crippen molar-refractivity contribution in [2.45, 2.75) is 6.92 Å². The molecule has 0 aliphatic carbocycles. The molecule has 0 aliphatic rings. The Kier molecular flexibility index (Phi) is 2.48. The Morgan fingerprint density at radius 1 is 1.62 bits per heavy atom. The van der Waals surface area contributed by atoms with Crippen LogP contribution in [0, 0.1) is 5.92 Å². The number of aliphatic carboxylic acids is 1. The van der Waals surface area contributed by atoms with Gasteiger partial charge in [0.25, 0.3) is 0 Å². The van der Waals surface area contributed by atoms with Gasteiger partial charge in [-0.3, -0.25) is 9.59 Å². The average molecular weight is 137 g/mol. The van der Waals surface area contributed by atoms with Gasteiger partial charge in [0.1, 0.15) is 5.92 Å². The lowest BCUT2D eigenvalue weighted by atomic mass is 10.2. The molecule has 3 nitrogen and oxygen atoms in total. The van der Waals surface area contributed by atoms with Crippen LogP contribution in [0.1, 0.15) is 6.92 Å². The molecule has 4 heteroatoms. The van der Waals surface area contributed by atoms with E-state index in [0.29, 0.717) is 0 Å². The SMILES string of the molecule is CC(C(=O)O)C(=O)Cl. The summed E-state index contributed by atoms with van der Waals surface area (Å²) in [7, 11) is 0. The fraction of sp³-hybridized carbons (Fsp3) is 0.500. The fourth-order valence-corrected chi connectivity index (χ4v) is 0.190. The first-order chi connectivity index (χ1) is 3.55. The van der Waals surface area contributed by atoms with Crippen molar-refractivity contribution in [3.63, 3.8) is 0 Å². The number of rotatable bonds is 2. The molecular weight excluding hydrogens is 131 g/mol. The van der Waals surface area contributed by atoms with Crippen LogP contribution in [0.25, 0.3) is 0 Å². The Bertz CT molecular complexity index is 106. The minimum atomic E-state index is -1.19. The van der Waals surface area contributed by atoms with Gasteiger partial charge in [0.2, 0.25) is 5.24 Å². The zero-order valence-electron chi connectivity index (χ0n) is 4.22. The first-order valence-electron chi connectivity index (χ1n) is 1.98. The summed E-state index contributed by atoms with van der Waals surface area (Å²) < 4.78 is 0. The average Bonchev–Trinajstić information content (AvgIpc) is 1.64. The van der Waals surface area contributed by atoms with E-state index in [4.69, 9.17) is 16.7 Å². The molecule has 0 aromatic carbocycles. The van der Waals surface area contributed by atoms with Crippen molar-refractivity contribution in [3.05, 3.63) is 0 Å². The molecule has 0 amide bonds. The van der Waals surface area contributed by atoms with Gasteiger partial charge < -0.3 is 5.11 Å². The minimum Gasteiger partial charge on any atom is -0.481 e. The van der Waals surface area contributed by atoms with Crippen molar-refractivity contribution in [2.75, 3.05) is 0 Å². The van der Waals surface area contributed by atoms with Crippen molar-refractivity contribution in [1.29, 1.82) is 0 Å². The molecule has 0 saturated carbocycles. The standard InChI is InChI=1S/C4H5ClO3/c1-2(3(5)6)4(7)8/h2H,1H3,(H,7,8). The van der Waals surface area contributed by atoms with E-state index in [1.54, 1.807) is 0 Å². The number of hydrogen-bond donors (Lipinski definition) is 1. The van der Waals surface area contributed by atoms with Gasteiger partial charge in [0.15, 0.2) is 0 Å². The van der Waals surface area contributed by atoms with Crippen LogP contribution in [-0.2, 0) is 9.59 Å². The van der Waals surface area contributed by atoms with Crippen LogP contribution >= 0.6 is 11.6 Å². The maximum atomic E-state index is 9.97. The summed E-state index contributed by atoms with van der Waals surface area (Å²) in [6.45, 7) is 1.23. The van der Waals surface area contributed by atoms with Gasteiger partial charge in [-0.05, 0) is 18.5 Å².